The zero-order chi connectivity index (χ0) is 21.5. The molecule has 0 saturated carbocycles. The second-order valence-corrected chi connectivity index (χ2v) is 9.54. The van der Waals surface area contributed by atoms with Gasteiger partial charge in [-0.2, -0.15) is 0 Å². The van der Waals surface area contributed by atoms with Crippen LogP contribution in [-0.2, 0) is 16.6 Å². The van der Waals surface area contributed by atoms with E-state index in [9.17, 15) is 22.0 Å². The number of carbonyl (C=O) groups excluding carboxylic acids is 1. The average Bonchev–Trinajstić information content (AvgIpc) is 3.17. The van der Waals surface area contributed by atoms with Gasteiger partial charge < -0.3 is 5.32 Å². The van der Waals surface area contributed by atoms with Gasteiger partial charge in [0.05, 0.1) is 17.3 Å². The predicted molar refractivity (Wildman–Crippen MR) is 113 cm³/mol. The van der Waals surface area contributed by atoms with Gasteiger partial charge in [0.25, 0.3) is 10.0 Å². The van der Waals surface area contributed by atoms with E-state index in [0.29, 0.717) is 11.3 Å². The second kappa shape index (κ2) is 7.82. The molecule has 0 amide bonds. The molecule has 2 heterocycles. The molecular formula is C20H13ClF2N2O3S2. The summed E-state index contributed by atoms with van der Waals surface area (Å²) in [6.45, 7) is -0.142. The zero-order valence-electron chi connectivity index (χ0n) is 15.1. The molecule has 4 rings (SSSR count). The van der Waals surface area contributed by atoms with Crippen molar-refractivity contribution in [3.63, 3.8) is 0 Å². The minimum absolute atomic E-state index is 0.142. The van der Waals surface area contributed by atoms with Gasteiger partial charge in [-0.3, -0.25) is 9.10 Å². The number of hydrogen-bond donors (Lipinski definition) is 1. The third kappa shape index (κ3) is 3.71. The van der Waals surface area contributed by atoms with Crippen LogP contribution in [0.4, 0.5) is 20.2 Å². The van der Waals surface area contributed by atoms with Crippen molar-refractivity contribution in [3.05, 3.63) is 92.1 Å². The fourth-order valence-electron chi connectivity index (χ4n) is 2.99. The molecule has 0 fully saturated rings. The molecule has 1 aliphatic heterocycles. The number of halogens is 3. The molecule has 3 aromatic rings. The number of fused-ring (bicyclic) bond motifs is 1. The van der Waals surface area contributed by atoms with E-state index in [1.165, 1.54) is 30.3 Å². The number of benzene rings is 2. The second-order valence-electron chi connectivity index (χ2n) is 6.39. The lowest BCUT2D eigenvalue weighted by Crippen LogP contribution is -2.38. The van der Waals surface area contributed by atoms with Crippen molar-refractivity contribution in [2.24, 2.45) is 0 Å². The highest BCUT2D eigenvalue weighted by Crippen LogP contribution is 2.39. The Kier molecular flexibility index (Phi) is 5.35. The maximum Gasteiger partial charge on any atom is 0.270 e. The van der Waals surface area contributed by atoms with E-state index >= 15 is 0 Å². The van der Waals surface area contributed by atoms with Crippen molar-refractivity contribution in [2.45, 2.75) is 6.54 Å². The number of ketones is 1. The molecule has 1 aromatic heterocycles. The third-order valence-electron chi connectivity index (χ3n) is 4.42. The van der Waals surface area contributed by atoms with Crippen LogP contribution in [0.15, 0.2) is 65.0 Å². The average molecular weight is 467 g/mol. The fourth-order valence-corrected chi connectivity index (χ4v) is 5.66. The Morgan fingerprint density at radius 2 is 1.93 bits per heavy atom. The van der Waals surface area contributed by atoms with Gasteiger partial charge in [0.15, 0.2) is 4.91 Å². The summed E-state index contributed by atoms with van der Waals surface area (Å²) in [6, 6.07) is 10.9. The van der Waals surface area contributed by atoms with Crippen LogP contribution >= 0.6 is 22.9 Å². The van der Waals surface area contributed by atoms with Gasteiger partial charge in [-0.05, 0) is 47.3 Å². The molecule has 0 radical (unpaired) electrons. The smallest absolute Gasteiger partial charge is 0.270 e. The maximum absolute atomic E-state index is 13.6. The molecule has 0 bridgehead atoms. The molecule has 5 nitrogen and oxygen atoms in total. The summed E-state index contributed by atoms with van der Waals surface area (Å²) in [7, 11) is -4.24. The van der Waals surface area contributed by atoms with Crippen LogP contribution in [0, 0.1) is 11.6 Å². The molecule has 1 aliphatic rings. The van der Waals surface area contributed by atoms with E-state index < -0.39 is 32.3 Å². The third-order valence-corrected chi connectivity index (χ3v) is 7.37. The number of hydrogen-bond acceptors (Lipinski definition) is 5. The van der Waals surface area contributed by atoms with E-state index in [1.54, 1.807) is 17.5 Å². The lowest BCUT2D eigenvalue weighted by molar-refractivity contribution is 0.104. The van der Waals surface area contributed by atoms with Gasteiger partial charge in [-0.1, -0.05) is 23.7 Å². The lowest BCUT2D eigenvalue weighted by Gasteiger charge is -2.29. The van der Waals surface area contributed by atoms with E-state index in [-0.39, 0.29) is 22.1 Å². The van der Waals surface area contributed by atoms with Gasteiger partial charge in [-0.15, -0.1) is 11.3 Å². The first-order chi connectivity index (χ1) is 14.3. The summed E-state index contributed by atoms with van der Waals surface area (Å²) in [4.78, 5) is 12.6. The summed E-state index contributed by atoms with van der Waals surface area (Å²) >= 11 is 6.85. The quantitative estimate of drug-likeness (QED) is 0.539. The predicted octanol–water partition coefficient (Wildman–Crippen LogP) is 5.17. The van der Waals surface area contributed by atoms with E-state index in [4.69, 9.17) is 11.6 Å². The first-order valence-corrected chi connectivity index (χ1v) is 11.3. The largest absolute Gasteiger partial charge is 0.360 e. The Morgan fingerprint density at radius 3 is 2.67 bits per heavy atom. The molecule has 0 aliphatic carbocycles. The van der Waals surface area contributed by atoms with Gasteiger partial charge in [-0.25, -0.2) is 17.2 Å². The monoisotopic (exact) mass is 466 g/mol. The van der Waals surface area contributed by atoms with Gasteiger partial charge in [0, 0.05) is 11.9 Å². The Labute approximate surface area is 180 Å². The highest BCUT2D eigenvalue weighted by atomic mass is 35.5. The van der Waals surface area contributed by atoms with Crippen LogP contribution in [0.5, 0.6) is 0 Å². The highest BCUT2D eigenvalue weighted by Gasteiger charge is 2.41. The van der Waals surface area contributed by atoms with Gasteiger partial charge >= 0.3 is 0 Å². The van der Waals surface area contributed by atoms with Crippen molar-refractivity contribution in [3.8, 4) is 0 Å². The van der Waals surface area contributed by atoms with Gasteiger partial charge in [0.1, 0.15) is 16.5 Å². The van der Waals surface area contributed by atoms with Crippen molar-refractivity contribution in [2.75, 3.05) is 9.62 Å². The number of anilines is 2. The minimum atomic E-state index is -4.24. The van der Waals surface area contributed by atoms with Crippen LogP contribution in [0.1, 0.15) is 15.2 Å². The van der Waals surface area contributed by atoms with Crippen LogP contribution in [-0.4, -0.2) is 14.2 Å². The molecule has 154 valence electrons. The van der Waals surface area contributed by atoms with Crippen LogP contribution < -0.4 is 9.62 Å². The molecule has 1 N–H and O–H groups in total. The number of nitrogens with one attached hydrogen (secondary N) is 1. The standard InChI is InChI=1S/C20H13ClF2N2O3S2/c21-15-9-14(4-5-16(15)23)24-10-18-19(26)20-17(6-7-29-20)25(30(18,27)28)11-12-2-1-3-13(22)8-12/h1-10,24H,11H2/b18-10-. The number of nitrogens with zero attached hydrogens (tertiary/aromatic N) is 1. The highest BCUT2D eigenvalue weighted by molar-refractivity contribution is 7.97. The summed E-state index contributed by atoms with van der Waals surface area (Å²) < 4.78 is 54.5. The van der Waals surface area contributed by atoms with E-state index in [2.05, 4.69) is 5.32 Å². The zero-order valence-corrected chi connectivity index (χ0v) is 17.5. The summed E-state index contributed by atoms with van der Waals surface area (Å²) in [5, 5.41) is 4.16. The number of sulfonamides is 1. The molecule has 2 aromatic carbocycles. The number of carbonyl (C=O) groups is 1. The SMILES string of the molecule is O=C1/C(=C/Nc2ccc(F)c(Cl)c2)S(=O)(=O)N(Cc2cccc(F)c2)c2ccsc21. The molecule has 30 heavy (non-hydrogen) atoms. The Bertz CT molecular complexity index is 1290. The minimum Gasteiger partial charge on any atom is -0.360 e. The number of rotatable bonds is 4. The Hall–Kier alpha value is -2.75. The molecule has 10 heteroatoms. The fraction of sp³-hybridized carbons (Fsp3) is 0.0500. The number of allylic oxidation sites excluding steroid dienone is 1. The summed E-state index contributed by atoms with van der Waals surface area (Å²) in [5.74, 6) is -1.77. The summed E-state index contributed by atoms with van der Waals surface area (Å²) in [5.41, 5.74) is 0.990. The number of thiophene rings is 1. The van der Waals surface area contributed by atoms with Crippen molar-refractivity contribution in [1.29, 1.82) is 0 Å². The molecule has 0 unspecified atom stereocenters. The lowest BCUT2D eigenvalue weighted by atomic mass is 10.2. The van der Waals surface area contributed by atoms with Crippen LogP contribution in [0.2, 0.25) is 5.02 Å². The molecular weight excluding hydrogens is 454 g/mol. The molecule has 0 atom stereocenters. The Balaban J connectivity index is 1.74. The number of Topliss-reactive ketones (excluding diaryl/α,β-unsaturated/α-hetero) is 1. The Morgan fingerprint density at radius 1 is 1.13 bits per heavy atom. The van der Waals surface area contributed by atoms with E-state index in [1.807, 2.05) is 0 Å². The van der Waals surface area contributed by atoms with Gasteiger partial charge in [0.2, 0.25) is 5.78 Å². The van der Waals surface area contributed by atoms with Crippen LogP contribution in [0.3, 0.4) is 0 Å². The normalized spacial score (nSPS) is 16.6. The first kappa shape index (κ1) is 20.5. The molecule has 0 saturated heterocycles. The first-order valence-electron chi connectivity index (χ1n) is 8.58. The van der Waals surface area contributed by atoms with Crippen LogP contribution in [0.25, 0.3) is 0 Å². The van der Waals surface area contributed by atoms with Crippen molar-refractivity contribution < 1.29 is 22.0 Å². The summed E-state index contributed by atoms with van der Waals surface area (Å²) in [6.07, 6.45) is 1.06. The maximum atomic E-state index is 13.6. The molecule has 0 spiro atoms. The topological polar surface area (TPSA) is 66.5 Å². The van der Waals surface area contributed by atoms with E-state index in [0.717, 1.165) is 27.9 Å². The van der Waals surface area contributed by atoms with Crippen molar-refractivity contribution in [1.82, 2.24) is 0 Å². The van der Waals surface area contributed by atoms with Crippen molar-refractivity contribution >= 4 is 50.1 Å².